The first-order chi connectivity index (χ1) is 8.49. The molecule has 1 aliphatic carbocycles. The lowest BCUT2D eigenvalue weighted by Gasteiger charge is -2.20. The highest BCUT2D eigenvalue weighted by Crippen LogP contribution is 2.35. The molecule has 0 aromatic carbocycles. The molecule has 1 fully saturated rings. The van der Waals surface area contributed by atoms with Gasteiger partial charge in [-0.2, -0.15) is 0 Å². The van der Waals surface area contributed by atoms with Gasteiger partial charge in [-0.3, -0.25) is 4.79 Å². The number of esters is 1. The van der Waals surface area contributed by atoms with Gasteiger partial charge >= 0.3 is 5.97 Å². The van der Waals surface area contributed by atoms with Crippen LogP contribution in [0.15, 0.2) is 23.3 Å². The summed E-state index contributed by atoms with van der Waals surface area (Å²) in [6.07, 6.45) is 6.01. The van der Waals surface area contributed by atoms with E-state index in [0.717, 1.165) is 18.4 Å². The molecule has 0 amide bonds. The Morgan fingerprint density at radius 3 is 2.83 bits per heavy atom. The topological polar surface area (TPSA) is 46.5 Å². The van der Waals surface area contributed by atoms with Crippen LogP contribution in [-0.4, -0.2) is 23.3 Å². The maximum atomic E-state index is 11.7. The van der Waals surface area contributed by atoms with Gasteiger partial charge in [-0.05, 0) is 44.8 Å². The molecule has 0 aromatic heterocycles. The summed E-state index contributed by atoms with van der Waals surface area (Å²) in [6.45, 7) is 5.94. The zero-order valence-corrected chi connectivity index (χ0v) is 11.3. The fourth-order valence-corrected chi connectivity index (χ4v) is 2.73. The second-order valence-corrected chi connectivity index (χ2v) is 5.61. The second-order valence-electron chi connectivity index (χ2n) is 5.61. The van der Waals surface area contributed by atoms with Gasteiger partial charge in [0.25, 0.3) is 0 Å². The SMILES string of the molecule is C/C1=C/C[C@H](O)/C(C)=C/[C@@H]2OC(=O)[C@H](C)[C@@H]2CC1. The van der Waals surface area contributed by atoms with Gasteiger partial charge in [0, 0.05) is 5.92 Å². The first-order valence-corrected chi connectivity index (χ1v) is 6.71. The molecule has 4 atom stereocenters. The van der Waals surface area contributed by atoms with Crippen LogP contribution in [0.2, 0.25) is 0 Å². The third kappa shape index (κ3) is 2.66. The Morgan fingerprint density at radius 2 is 2.11 bits per heavy atom. The minimum Gasteiger partial charge on any atom is -0.458 e. The van der Waals surface area contributed by atoms with Crippen molar-refractivity contribution in [2.45, 2.75) is 52.2 Å². The molecule has 0 spiro atoms. The molecular weight excluding hydrogens is 228 g/mol. The van der Waals surface area contributed by atoms with Crippen molar-refractivity contribution in [2.24, 2.45) is 11.8 Å². The third-order valence-electron chi connectivity index (χ3n) is 4.20. The lowest BCUT2D eigenvalue weighted by atomic mass is 9.84. The Bertz CT molecular complexity index is 395. The van der Waals surface area contributed by atoms with E-state index in [2.05, 4.69) is 13.0 Å². The van der Waals surface area contributed by atoms with E-state index in [-0.39, 0.29) is 23.9 Å². The van der Waals surface area contributed by atoms with Crippen LogP contribution in [0.25, 0.3) is 0 Å². The smallest absolute Gasteiger partial charge is 0.309 e. The van der Waals surface area contributed by atoms with Gasteiger partial charge in [0.05, 0.1) is 12.0 Å². The van der Waals surface area contributed by atoms with Gasteiger partial charge in [0.2, 0.25) is 0 Å². The third-order valence-corrected chi connectivity index (χ3v) is 4.20. The van der Waals surface area contributed by atoms with Crippen LogP contribution in [0.4, 0.5) is 0 Å². The van der Waals surface area contributed by atoms with E-state index in [1.807, 2.05) is 19.9 Å². The van der Waals surface area contributed by atoms with E-state index in [0.29, 0.717) is 6.42 Å². The summed E-state index contributed by atoms with van der Waals surface area (Å²) in [6, 6.07) is 0. The maximum Gasteiger partial charge on any atom is 0.309 e. The van der Waals surface area contributed by atoms with Crippen LogP contribution in [0.1, 0.15) is 40.0 Å². The normalized spacial score (nSPS) is 43.2. The quantitative estimate of drug-likeness (QED) is 0.531. The number of hydrogen-bond donors (Lipinski definition) is 1. The Kier molecular flexibility index (Phi) is 3.91. The van der Waals surface area contributed by atoms with Crippen LogP contribution < -0.4 is 0 Å². The fourth-order valence-electron chi connectivity index (χ4n) is 2.73. The maximum absolute atomic E-state index is 11.7. The van der Waals surface area contributed by atoms with Gasteiger partial charge in [0.15, 0.2) is 0 Å². The summed E-state index contributed by atoms with van der Waals surface area (Å²) < 4.78 is 5.42. The number of ether oxygens (including phenoxy) is 1. The molecule has 0 radical (unpaired) electrons. The standard InChI is InChI=1S/C15H22O3/c1-9-4-6-12-11(3)15(17)18-14(12)8-10(2)13(16)7-5-9/h5,8,11-14,16H,4,6-7H2,1-3H3/b9-5-,10-8+/t11-,12+,13+,14+/m1/s1. The lowest BCUT2D eigenvalue weighted by molar-refractivity contribution is -0.142. The van der Waals surface area contributed by atoms with E-state index in [1.165, 1.54) is 5.57 Å². The van der Waals surface area contributed by atoms with Gasteiger partial charge in [-0.25, -0.2) is 0 Å². The fraction of sp³-hybridized carbons (Fsp3) is 0.667. The minimum atomic E-state index is -0.465. The number of carbonyl (C=O) groups is 1. The van der Waals surface area contributed by atoms with E-state index in [9.17, 15) is 9.90 Å². The van der Waals surface area contributed by atoms with Crippen molar-refractivity contribution in [3.05, 3.63) is 23.3 Å². The van der Waals surface area contributed by atoms with Gasteiger partial charge in [0.1, 0.15) is 6.10 Å². The van der Waals surface area contributed by atoms with Gasteiger partial charge in [-0.1, -0.05) is 18.6 Å². The van der Waals surface area contributed by atoms with Crippen molar-refractivity contribution in [3.8, 4) is 0 Å². The Balaban J connectivity index is 2.26. The predicted molar refractivity (Wildman–Crippen MR) is 69.9 cm³/mol. The molecule has 3 nitrogen and oxygen atoms in total. The van der Waals surface area contributed by atoms with E-state index in [1.54, 1.807) is 0 Å². The highest BCUT2D eigenvalue weighted by Gasteiger charge is 2.40. The van der Waals surface area contributed by atoms with E-state index in [4.69, 9.17) is 4.74 Å². The summed E-state index contributed by atoms with van der Waals surface area (Å²) in [5, 5.41) is 10.0. The monoisotopic (exact) mass is 250 g/mol. The number of carbonyl (C=O) groups excluding carboxylic acids is 1. The molecule has 2 rings (SSSR count). The molecule has 3 heteroatoms. The minimum absolute atomic E-state index is 0.0385. The van der Waals surface area contributed by atoms with Crippen LogP contribution in [-0.2, 0) is 9.53 Å². The number of aliphatic hydroxyl groups excluding tert-OH is 1. The molecule has 0 saturated carbocycles. The number of aliphatic hydroxyl groups is 1. The number of rotatable bonds is 0. The first kappa shape index (κ1) is 13.3. The Labute approximate surface area is 109 Å². The predicted octanol–water partition coefficient (Wildman–Crippen LogP) is 2.60. The van der Waals surface area contributed by atoms with Crippen LogP contribution in [0, 0.1) is 11.8 Å². The molecule has 0 aromatic rings. The largest absolute Gasteiger partial charge is 0.458 e. The van der Waals surface area contributed by atoms with E-state index < -0.39 is 6.10 Å². The molecular formula is C15H22O3. The lowest BCUT2D eigenvalue weighted by Crippen LogP contribution is -2.20. The van der Waals surface area contributed by atoms with Crippen LogP contribution >= 0.6 is 0 Å². The van der Waals surface area contributed by atoms with Crippen molar-refractivity contribution >= 4 is 5.97 Å². The summed E-state index contributed by atoms with van der Waals surface area (Å²) in [4.78, 5) is 11.7. The summed E-state index contributed by atoms with van der Waals surface area (Å²) in [7, 11) is 0. The highest BCUT2D eigenvalue weighted by atomic mass is 16.6. The number of hydrogen-bond acceptors (Lipinski definition) is 3. The molecule has 100 valence electrons. The van der Waals surface area contributed by atoms with Gasteiger partial charge in [-0.15, -0.1) is 0 Å². The molecule has 0 bridgehead atoms. The molecule has 1 heterocycles. The average Bonchev–Trinajstić information content (AvgIpc) is 2.59. The second kappa shape index (κ2) is 5.27. The number of fused-ring (bicyclic) bond motifs is 1. The first-order valence-electron chi connectivity index (χ1n) is 6.71. The Morgan fingerprint density at radius 1 is 1.39 bits per heavy atom. The zero-order chi connectivity index (χ0) is 13.3. The molecule has 1 N–H and O–H groups in total. The Hall–Kier alpha value is -1.09. The molecule has 0 unspecified atom stereocenters. The average molecular weight is 250 g/mol. The van der Waals surface area contributed by atoms with Crippen LogP contribution in [0.3, 0.4) is 0 Å². The molecule has 2 aliphatic rings. The molecule has 1 saturated heterocycles. The van der Waals surface area contributed by atoms with Crippen LogP contribution in [0.5, 0.6) is 0 Å². The molecule has 18 heavy (non-hydrogen) atoms. The van der Waals surface area contributed by atoms with Crippen molar-refractivity contribution < 1.29 is 14.6 Å². The van der Waals surface area contributed by atoms with Crippen molar-refractivity contribution in [2.75, 3.05) is 0 Å². The van der Waals surface area contributed by atoms with Crippen molar-refractivity contribution in [1.29, 1.82) is 0 Å². The summed E-state index contributed by atoms with van der Waals surface area (Å²) in [5.74, 6) is 0.0916. The highest BCUT2D eigenvalue weighted by molar-refractivity contribution is 5.75. The summed E-state index contributed by atoms with van der Waals surface area (Å²) in [5.41, 5.74) is 2.19. The van der Waals surface area contributed by atoms with Crippen molar-refractivity contribution in [1.82, 2.24) is 0 Å². The van der Waals surface area contributed by atoms with Crippen molar-refractivity contribution in [3.63, 3.8) is 0 Å². The summed E-state index contributed by atoms with van der Waals surface area (Å²) >= 11 is 0. The molecule has 1 aliphatic heterocycles. The van der Waals surface area contributed by atoms with Gasteiger partial charge < -0.3 is 9.84 Å². The zero-order valence-electron chi connectivity index (χ0n) is 11.3. The van der Waals surface area contributed by atoms with E-state index >= 15 is 0 Å². The number of allylic oxidation sites excluding steroid dienone is 1.